The van der Waals surface area contributed by atoms with Crippen LogP contribution in [0.5, 0.6) is 0 Å². The lowest BCUT2D eigenvalue weighted by Gasteiger charge is -2.54. The minimum Gasteiger partial charge on any atom is -0.369 e. The molecule has 1 saturated carbocycles. The van der Waals surface area contributed by atoms with Crippen LogP contribution in [-0.2, 0) is 11.3 Å². The Morgan fingerprint density at radius 3 is 2.75 bits per heavy atom. The van der Waals surface area contributed by atoms with Crippen molar-refractivity contribution in [1.29, 1.82) is 0 Å². The third-order valence-corrected chi connectivity index (χ3v) is 5.67. The van der Waals surface area contributed by atoms with E-state index in [0.29, 0.717) is 30.7 Å². The van der Waals surface area contributed by atoms with Crippen molar-refractivity contribution < 1.29 is 9.32 Å². The summed E-state index contributed by atoms with van der Waals surface area (Å²) >= 11 is 0. The van der Waals surface area contributed by atoms with Crippen molar-refractivity contribution in [3.05, 3.63) is 36.2 Å². The molecular weight excluding hydrogens is 304 g/mol. The van der Waals surface area contributed by atoms with Crippen LogP contribution < -0.4 is 5.73 Å². The third kappa shape index (κ3) is 2.24. The molecule has 1 aromatic heterocycles. The summed E-state index contributed by atoms with van der Waals surface area (Å²) in [4.78, 5) is 18.7. The largest absolute Gasteiger partial charge is 0.369 e. The number of nitrogens with zero attached hydrogens (tertiary/aromatic N) is 3. The fourth-order valence-electron chi connectivity index (χ4n) is 4.66. The zero-order chi connectivity index (χ0) is 16.9. The van der Waals surface area contributed by atoms with E-state index in [-0.39, 0.29) is 16.7 Å². The van der Waals surface area contributed by atoms with Gasteiger partial charge in [-0.3, -0.25) is 9.69 Å². The summed E-state index contributed by atoms with van der Waals surface area (Å²) in [7, 11) is 0. The van der Waals surface area contributed by atoms with E-state index in [1.807, 2.05) is 30.3 Å². The fourth-order valence-corrected chi connectivity index (χ4v) is 4.66. The maximum absolute atomic E-state index is 12.0. The highest BCUT2D eigenvalue weighted by molar-refractivity contribution is 5.83. The number of carbonyl (C=O) groups excluding carboxylic acids is 1. The van der Waals surface area contributed by atoms with Gasteiger partial charge in [0.25, 0.3) is 5.89 Å². The highest BCUT2D eigenvalue weighted by Crippen LogP contribution is 2.62. The highest BCUT2D eigenvalue weighted by atomic mass is 16.5. The molecule has 1 aromatic carbocycles. The Morgan fingerprint density at radius 2 is 2.12 bits per heavy atom. The van der Waals surface area contributed by atoms with Crippen molar-refractivity contribution in [3.63, 3.8) is 0 Å². The van der Waals surface area contributed by atoms with Gasteiger partial charge in [0.15, 0.2) is 5.82 Å². The summed E-state index contributed by atoms with van der Waals surface area (Å²) < 4.78 is 5.36. The maximum atomic E-state index is 12.0. The number of aromatic nitrogens is 2. The van der Waals surface area contributed by atoms with Gasteiger partial charge in [-0.2, -0.15) is 4.98 Å². The fraction of sp³-hybridized carbons (Fsp3) is 0.500. The smallest absolute Gasteiger partial charge is 0.257 e. The van der Waals surface area contributed by atoms with Gasteiger partial charge in [-0.25, -0.2) is 0 Å². The molecule has 1 saturated heterocycles. The van der Waals surface area contributed by atoms with Crippen molar-refractivity contribution in [2.75, 3.05) is 13.1 Å². The lowest BCUT2D eigenvalue weighted by molar-refractivity contribution is -0.148. The minimum absolute atomic E-state index is 0.163. The summed E-state index contributed by atoms with van der Waals surface area (Å²) in [5.74, 6) is 1.31. The number of amides is 1. The van der Waals surface area contributed by atoms with Crippen LogP contribution in [0.4, 0.5) is 0 Å². The van der Waals surface area contributed by atoms with Gasteiger partial charge in [-0.15, -0.1) is 0 Å². The van der Waals surface area contributed by atoms with E-state index >= 15 is 0 Å². The molecular formula is C18H22N4O2. The first kappa shape index (κ1) is 15.3. The maximum Gasteiger partial charge on any atom is 0.257 e. The summed E-state index contributed by atoms with van der Waals surface area (Å²) in [5.41, 5.74) is 6.41. The number of nitrogens with two attached hydrogens (primary N) is 1. The molecule has 24 heavy (non-hydrogen) atoms. The Morgan fingerprint density at radius 1 is 1.38 bits per heavy atom. The Hall–Kier alpha value is -2.21. The third-order valence-electron chi connectivity index (χ3n) is 5.67. The first-order chi connectivity index (χ1) is 11.4. The van der Waals surface area contributed by atoms with Crippen LogP contribution in [0.15, 0.2) is 34.9 Å². The quantitative estimate of drug-likeness (QED) is 0.929. The zero-order valence-electron chi connectivity index (χ0n) is 14.0. The number of benzene rings is 1. The monoisotopic (exact) mass is 326 g/mol. The molecule has 1 aliphatic carbocycles. The van der Waals surface area contributed by atoms with Crippen LogP contribution >= 0.6 is 0 Å². The van der Waals surface area contributed by atoms with Crippen molar-refractivity contribution in [1.82, 2.24) is 15.0 Å². The Kier molecular flexibility index (Phi) is 3.28. The second kappa shape index (κ2) is 5.14. The van der Waals surface area contributed by atoms with Crippen molar-refractivity contribution in [3.8, 4) is 11.5 Å². The molecule has 2 fully saturated rings. The van der Waals surface area contributed by atoms with E-state index in [1.54, 1.807) is 0 Å². The molecule has 4 rings (SSSR count). The van der Waals surface area contributed by atoms with Crippen LogP contribution in [0.3, 0.4) is 0 Å². The van der Waals surface area contributed by atoms with Crippen molar-refractivity contribution >= 4 is 5.91 Å². The lowest BCUT2D eigenvalue weighted by atomic mass is 9.48. The standard InChI is InChI=1S/C18H22N4O2/c1-17(2)10-18(16(19)23)11-22(8-13(17)18)9-14-20-15(24-21-14)12-6-4-3-5-7-12/h3-7,13H,8-11H2,1-2H3,(H2,19,23)/t13-,18+/m1/s1. The topological polar surface area (TPSA) is 85.3 Å². The summed E-state index contributed by atoms with van der Waals surface area (Å²) in [6.07, 6.45) is 0.859. The number of fused-ring (bicyclic) bond motifs is 1. The molecule has 6 heteroatoms. The summed E-state index contributed by atoms with van der Waals surface area (Å²) in [6.45, 7) is 6.54. The molecule has 0 bridgehead atoms. The van der Waals surface area contributed by atoms with Crippen molar-refractivity contribution in [2.24, 2.45) is 22.5 Å². The van der Waals surface area contributed by atoms with Crippen LogP contribution in [0.2, 0.25) is 0 Å². The average molecular weight is 326 g/mol. The molecule has 0 spiro atoms. The molecule has 1 aliphatic heterocycles. The predicted octanol–water partition coefficient (Wildman–Crippen LogP) is 2.07. The Labute approximate surface area is 141 Å². The summed E-state index contributed by atoms with van der Waals surface area (Å²) in [6, 6.07) is 9.72. The highest BCUT2D eigenvalue weighted by Gasteiger charge is 2.65. The molecule has 1 amide bonds. The number of hydrogen-bond donors (Lipinski definition) is 1. The first-order valence-electron chi connectivity index (χ1n) is 8.31. The van der Waals surface area contributed by atoms with Gasteiger partial charge in [0, 0.05) is 18.7 Å². The SMILES string of the molecule is CC1(C)C[C@]2(C(N)=O)CN(Cc3noc(-c4ccccc4)n3)C[C@H]12. The molecule has 2 aromatic rings. The van der Waals surface area contributed by atoms with Gasteiger partial charge in [0.05, 0.1) is 12.0 Å². The van der Waals surface area contributed by atoms with Gasteiger partial charge >= 0.3 is 0 Å². The second-order valence-corrected chi connectivity index (χ2v) is 7.79. The van der Waals surface area contributed by atoms with E-state index < -0.39 is 0 Å². The number of rotatable bonds is 4. The van der Waals surface area contributed by atoms with Gasteiger partial charge < -0.3 is 10.3 Å². The molecule has 6 nitrogen and oxygen atoms in total. The molecule has 2 aliphatic rings. The van der Waals surface area contributed by atoms with Gasteiger partial charge in [-0.05, 0) is 29.9 Å². The second-order valence-electron chi connectivity index (χ2n) is 7.79. The van der Waals surface area contributed by atoms with E-state index in [0.717, 1.165) is 18.5 Å². The number of hydrogen-bond acceptors (Lipinski definition) is 5. The molecule has 0 unspecified atom stereocenters. The molecule has 2 N–H and O–H groups in total. The average Bonchev–Trinajstić information content (AvgIpc) is 3.12. The normalized spacial score (nSPS) is 28.3. The molecule has 0 radical (unpaired) electrons. The number of carbonyl (C=O) groups is 1. The summed E-state index contributed by atoms with van der Waals surface area (Å²) in [5, 5.41) is 4.09. The molecule has 126 valence electrons. The van der Waals surface area contributed by atoms with Crippen molar-refractivity contribution in [2.45, 2.75) is 26.8 Å². The Balaban J connectivity index is 1.50. The van der Waals surface area contributed by atoms with Crippen LogP contribution in [0.1, 0.15) is 26.1 Å². The minimum atomic E-state index is -0.379. The van der Waals surface area contributed by atoms with E-state index in [2.05, 4.69) is 28.9 Å². The number of primary amides is 1. The van der Waals surface area contributed by atoms with Crippen LogP contribution in [0.25, 0.3) is 11.5 Å². The number of likely N-dealkylation sites (tertiary alicyclic amines) is 1. The zero-order valence-corrected chi connectivity index (χ0v) is 14.0. The van der Waals surface area contributed by atoms with Crippen LogP contribution in [0, 0.1) is 16.7 Å². The van der Waals surface area contributed by atoms with E-state index in [4.69, 9.17) is 10.3 Å². The van der Waals surface area contributed by atoms with Gasteiger partial charge in [-0.1, -0.05) is 37.2 Å². The lowest BCUT2D eigenvalue weighted by Crippen LogP contribution is -2.59. The van der Waals surface area contributed by atoms with Crippen LogP contribution in [-0.4, -0.2) is 34.0 Å². The van der Waals surface area contributed by atoms with Gasteiger partial charge in [0.1, 0.15) is 0 Å². The van der Waals surface area contributed by atoms with E-state index in [9.17, 15) is 4.79 Å². The van der Waals surface area contributed by atoms with Gasteiger partial charge in [0.2, 0.25) is 5.91 Å². The van der Waals surface area contributed by atoms with E-state index in [1.165, 1.54) is 0 Å². The Bertz CT molecular complexity index is 770. The predicted molar refractivity (Wildman–Crippen MR) is 88.5 cm³/mol. The first-order valence-corrected chi connectivity index (χ1v) is 8.31. The molecule has 2 atom stereocenters. The molecule has 2 heterocycles.